The lowest BCUT2D eigenvalue weighted by molar-refractivity contribution is 0.0999. The van der Waals surface area contributed by atoms with Gasteiger partial charge < -0.3 is 14.0 Å². The van der Waals surface area contributed by atoms with E-state index in [1.165, 1.54) is 11.3 Å². The molecule has 28 heavy (non-hydrogen) atoms. The first kappa shape index (κ1) is 16.8. The van der Waals surface area contributed by atoms with Crippen molar-refractivity contribution in [2.24, 2.45) is 4.99 Å². The minimum Gasteiger partial charge on any atom is -0.454 e. The predicted octanol–water partition coefficient (Wildman–Crippen LogP) is 4.51. The van der Waals surface area contributed by atoms with Gasteiger partial charge in [-0.1, -0.05) is 53.8 Å². The van der Waals surface area contributed by atoms with Crippen LogP contribution in [0, 0.1) is 0 Å². The minimum absolute atomic E-state index is 0.227. The number of carbonyl (C=O) groups is 1. The van der Waals surface area contributed by atoms with Crippen LogP contribution in [0.5, 0.6) is 11.5 Å². The van der Waals surface area contributed by atoms with Gasteiger partial charge in [-0.25, -0.2) is 0 Å². The summed E-state index contributed by atoms with van der Waals surface area (Å²) in [6.07, 6.45) is 1.79. The van der Waals surface area contributed by atoms with Gasteiger partial charge in [0, 0.05) is 24.2 Å². The summed E-state index contributed by atoms with van der Waals surface area (Å²) >= 11 is 1.45. The summed E-state index contributed by atoms with van der Waals surface area (Å²) in [7, 11) is 0. The minimum atomic E-state index is -0.263. The van der Waals surface area contributed by atoms with Crippen LogP contribution in [0.3, 0.4) is 0 Å². The molecule has 0 saturated heterocycles. The van der Waals surface area contributed by atoms with Gasteiger partial charge in [0.05, 0.1) is 10.2 Å². The highest BCUT2D eigenvalue weighted by atomic mass is 32.1. The fourth-order valence-electron chi connectivity index (χ4n) is 3.41. The fourth-order valence-corrected chi connectivity index (χ4v) is 4.46. The Morgan fingerprint density at radius 2 is 1.93 bits per heavy atom. The molecule has 138 valence electrons. The molecule has 4 aromatic rings. The van der Waals surface area contributed by atoms with Crippen molar-refractivity contribution < 1.29 is 14.3 Å². The van der Waals surface area contributed by atoms with Crippen molar-refractivity contribution in [3.05, 3.63) is 77.6 Å². The zero-order valence-corrected chi connectivity index (χ0v) is 15.7. The Morgan fingerprint density at radius 3 is 2.79 bits per heavy atom. The van der Waals surface area contributed by atoms with Gasteiger partial charge in [0.25, 0.3) is 5.91 Å². The third-order valence-corrected chi connectivity index (χ3v) is 5.75. The molecule has 1 aliphatic rings. The van der Waals surface area contributed by atoms with E-state index < -0.39 is 0 Å². The highest BCUT2D eigenvalue weighted by Gasteiger charge is 2.18. The molecule has 2 heterocycles. The van der Waals surface area contributed by atoms with Gasteiger partial charge in [-0.15, -0.1) is 6.58 Å². The number of nitrogens with zero attached hydrogens (tertiary/aromatic N) is 2. The van der Waals surface area contributed by atoms with Crippen molar-refractivity contribution in [3.8, 4) is 11.5 Å². The highest BCUT2D eigenvalue weighted by Crippen LogP contribution is 2.37. The molecule has 0 N–H and O–H groups in total. The summed E-state index contributed by atoms with van der Waals surface area (Å²) in [5.41, 5.74) is 1.54. The maximum absolute atomic E-state index is 13.0. The number of thiazole rings is 1. The second-order valence-electron chi connectivity index (χ2n) is 6.40. The van der Waals surface area contributed by atoms with E-state index in [0.29, 0.717) is 28.4 Å². The number of ether oxygens (including phenoxy) is 2. The van der Waals surface area contributed by atoms with E-state index >= 15 is 0 Å². The van der Waals surface area contributed by atoms with Gasteiger partial charge in [-0.3, -0.25) is 4.79 Å². The van der Waals surface area contributed by atoms with Gasteiger partial charge in [-0.05, 0) is 16.8 Å². The highest BCUT2D eigenvalue weighted by molar-refractivity contribution is 7.16. The molecule has 5 rings (SSSR count). The van der Waals surface area contributed by atoms with Crippen molar-refractivity contribution in [1.29, 1.82) is 0 Å². The van der Waals surface area contributed by atoms with Crippen molar-refractivity contribution in [1.82, 2.24) is 4.57 Å². The van der Waals surface area contributed by atoms with E-state index in [4.69, 9.17) is 9.47 Å². The molecular formula is C22H16N2O3S. The molecule has 3 aromatic carbocycles. The van der Waals surface area contributed by atoms with E-state index in [1.54, 1.807) is 6.08 Å². The summed E-state index contributed by atoms with van der Waals surface area (Å²) < 4.78 is 13.9. The Labute approximate surface area is 164 Å². The zero-order valence-electron chi connectivity index (χ0n) is 14.9. The first-order valence-corrected chi connectivity index (χ1v) is 9.67. The molecule has 6 heteroatoms. The topological polar surface area (TPSA) is 52.8 Å². The monoisotopic (exact) mass is 388 g/mol. The number of hydrogen-bond acceptors (Lipinski definition) is 4. The number of hydrogen-bond donors (Lipinski definition) is 0. The predicted molar refractivity (Wildman–Crippen MR) is 110 cm³/mol. The van der Waals surface area contributed by atoms with Crippen LogP contribution < -0.4 is 14.3 Å². The average Bonchev–Trinajstić information content (AvgIpc) is 3.30. The molecule has 0 aliphatic carbocycles. The first-order chi connectivity index (χ1) is 13.7. The van der Waals surface area contributed by atoms with Crippen LogP contribution in [0.1, 0.15) is 10.4 Å². The second kappa shape index (κ2) is 6.65. The smallest absolute Gasteiger partial charge is 0.280 e. The number of allylic oxidation sites excluding steroid dienone is 1. The first-order valence-electron chi connectivity index (χ1n) is 8.85. The Balaban J connectivity index is 1.69. The molecule has 0 unspecified atom stereocenters. The molecule has 0 saturated carbocycles. The molecule has 0 radical (unpaired) electrons. The number of amides is 1. The van der Waals surface area contributed by atoms with Crippen LogP contribution in [0.15, 0.2) is 72.2 Å². The van der Waals surface area contributed by atoms with Crippen LogP contribution in [0.2, 0.25) is 0 Å². The number of rotatable bonds is 3. The van der Waals surface area contributed by atoms with Crippen LogP contribution in [0.4, 0.5) is 0 Å². The summed E-state index contributed by atoms with van der Waals surface area (Å²) in [5, 5.41) is 1.92. The molecule has 1 aliphatic heterocycles. The summed E-state index contributed by atoms with van der Waals surface area (Å²) in [6.45, 7) is 4.61. The maximum atomic E-state index is 13.0. The van der Waals surface area contributed by atoms with Gasteiger partial charge in [0.2, 0.25) is 6.79 Å². The standard InChI is InChI=1S/C22H16N2O3S/c1-2-10-24-17-11-18-19(27-13-26-18)12-20(17)28-22(24)23-21(25)16-9-5-7-14-6-3-4-8-15(14)16/h2-9,11-12H,1,10,13H2. The Kier molecular flexibility index (Phi) is 3.98. The number of benzene rings is 3. The normalized spacial score (nSPS) is 13.4. The quantitative estimate of drug-likeness (QED) is 0.485. The average molecular weight is 388 g/mol. The van der Waals surface area contributed by atoms with Crippen LogP contribution in [-0.2, 0) is 6.54 Å². The molecule has 0 spiro atoms. The van der Waals surface area contributed by atoms with Crippen molar-refractivity contribution >= 4 is 38.2 Å². The van der Waals surface area contributed by atoms with E-state index in [0.717, 1.165) is 21.0 Å². The number of aromatic nitrogens is 1. The lowest BCUT2D eigenvalue weighted by Gasteiger charge is -2.04. The molecular weight excluding hydrogens is 372 g/mol. The number of fused-ring (bicyclic) bond motifs is 3. The van der Waals surface area contributed by atoms with Crippen LogP contribution in [-0.4, -0.2) is 17.3 Å². The zero-order chi connectivity index (χ0) is 19.1. The van der Waals surface area contributed by atoms with E-state index in [9.17, 15) is 4.79 Å². The third-order valence-electron chi connectivity index (χ3n) is 4.71. The number of carbonyl (C=O) groups excluding carboxylic acids is 1. The van der Waals surface area contributed by atoms with Crippen LogP contribution in [0.25, 0.3) is 21.0 Å². The SMILES string of the molecule is C=CCn1c(=NC(=O)c2cccc3ccccc23)sc2cc3c(cc21)OCO3. The lowest BCUT2D eigenvalue weighted by Crippen LogP contribution is -2.16. The molecule has 0 bridgehead atoms. The molecule has 0 atom stereocenters. The van der Waals surface area contributed by atoms with E-state index in [-0.39, 0.29) is 12.7 Å². The van der Waals surface area contributed by atoms with Crippen LogP contribution >= 0.6 is 11.3 Å². The molecule has 5 nitrogen and oxygen atoms in total. The van der Waals surface area contributed by atoms with Crippen molar-refractivity contribution in [3.63, 3.8) is 0 Å². The summed E-state index contributed by atoms with van der Waals surface area (Å²) in [4.78, 5) is 18.1. The third kappa shape index (κ3) is 2.70. The maximum Gasteiger partial charge on any atom is 0.280 e. The lowest BCUT2D eigenvalue weighted by atomic mass is 10.0. The molecule has 0 fully saturated rings. The van der Waals surface area contributed by atoms with Gasteiger partial charge in [0.15, 0.2) is 16.3 Å². The van der Waals surface area contributed by atoms with Crippen molar-refractivity contribution in [2.75, 3.05) is 6.79 Å². The van der Waals surface area contributed by atoms with Gasteiger partial charge in [0.1, 0.15) is 0 Å². The van der Waals surface area contributed by atoms with Crippen molar-refractivity contribution in [2.45, 2.75) is 6.54 Å². The Bertz CT molecular complexity index is 1310. The molecule has 1 amide bonds. The van der Waals surface area contributed by atoms with Gasteiger partial charge in [-0.2, -0.15) is 4.99 Å². The van der Waals surface area contributed by atoms with Gasteiger partial charge >= 0.3 is 0 Å². The Morgan fingerprint density at radius 1 is 1.14 bits per heavy atom. The van der Waals surface area contributed by atoms with E-state index in [2.05, 4.69) is 11.6 Å². The van der Waals surface area contributed by atoms with E-state index in [1.807, 2.05) is 59.2 Å². The molecule has 1 aromatic heterocycles. The summed E-state index contributed by atoms with van der Waals surface area (Å²) in [5.74, 6) is 1.16. The fraction of sp³-hybridized carbons (Fsp3) is 0.0909. The Hall–Kier alpha value is -3.38. The largest absolute Gasteiger partial charge is 0.454 e. The second-order valence-corrected chi connectivity index (χ2v) is 7.41. The summed E-state index contributed by atoms with van der Waals surface area (Å²) in [6, 6.07) is 17.4.